The molecule has 0 radical (unpaired) electrons. The number of aromatic nitrogens is 1. The van der Waals surface area contributed by atoms with Crippen LogP contribution in [0.5, 0.6) is 0 Å². The molecule has 3 aromatic carbocycles. The van der Waals surface area contributed by atoms with Crippen molar-refractivity contribution in [1.29, 1.82) is 0 Å². The van der Waals surface area contributed by atoms with Gasteiger partial charge in [-0.3, -0.25) is 10.1 Å². The average Bonchev–Trinajstić information content (AvgIpc) is 3.18. The highest BCUT2D eigenvalue weighted by atomic mass is 35.5. The van der Waals surface area contributed by atoms with Crippen molar-refractivity contribution in [2.75, 3.05) is 5.32 Å². The van der Waals surface area contributed by atoms with Gasteiger partial charge in [0, 0.05) is 11.3 Å². The van der Waals surface area contributed by atoms with Gasteiger partial charge < -0.3 is 9.73 Å². The Labute approximate surface area is 184 Å². The molecule has 2 N–H and O–H groups in total. The molecular formula is C23H18ClN3O2S. The van der Waals surface area contributed by atoms with Gasteiger partial charge in [0.2, 0.25) is 5.89 Å². The number of hydrogen-bond acceptors (Lipinski definition) is 4. The lowest BCUT2D eigenvalue weighted by atomic mass is 10.1. The second kappa shape index (κ2) is 8.65. The van der Waals surface area contributed by atoms with Gasteiger partial charge in [0.1, 0.15) is 5.52 Å². The molecule has 0 aliphatic heterocycles. The van der Waals surface area contributed by atoms with E-state index in [-0.39, 0.29) is 11.0 Å². The molecule has 1 heterocycles. The number of thiocarbonyl (C=S) groups is 1. The smallest absolute Gasteiger partial charge is 0.257 e. The van der Waals surface area contributed by atoms with E-state index in [0.717, 1.165) is 11.9 Å². The molecule has 0 unspecified atom stereocenters. The molecule has 0 aliphatic carbocycles. The third kappa shape index (κ3) is 4.35. The minimum atomic E-state index is -0.284. The Balaban J connectivity index is 1.54. The predicted molar refractivity (Wildman–Crippen MR) is 124 cm³/mol. The Morgan fingerprint density at radius 1 is 1.10 bits per heavy atom. The number of aryl methyl sites for hydroxylation is 1. The number of nitrogens with zero attached hydrogens (tertiary/aromatic N) is 1. The fourth-order valence-corrected chi connectivity index (χ4v) is 3.41. The number of benzene rings is 3. The molecule has 0 saturated carbocycles. The van der Waals surface area contributed by atoms with Crippen LogP contribution in [0.25, 0.3) is 22.6 Å². The summed E-state index contributed by atoms with van der Waals surface area (Å²) in [7, 11) is 0. The van der Waals surface area contributed by atoms with Gasteiger partial charge in [0.15, 0.2) is 10.7 Å². The molecule has 4 aromatic rings. The normalized spacial score (nSPS) is 10.7. The minimum absolute atomic E-state index is 0.183. The van der Waals surface area contributed by atoms with Gasteiger partial charge in [-0.1, -0.05) is 42.8 Å². The molecule has 0 spiro atoms. The maximum absolute atomic E-state index is 12.3. The fraction of sp³-hybridized carbons (Fsp3) is 0.0870. The second-order valence-corrected chi connectivity index (χ2v) is 7.46. The lowest BCUT2D eigenvalue weighted by Gasteiger charge is -2.11. The first-order valence-corrected chi connectivity index (χ1v) is 10.2. The van der Waals surface area contributed by atoms with Crippen molar-refractivity contribution in [2.45, 2.75) is 13.3 Å². The zero-order valence-electron chi connectivity index (χ0n) is 16.1. The minimum Gasteiger partial charge on any atom is -0.436 e. The Kier molecular flexibility index (Phi) is 5.79. The van der Waals surface area contributed by atoms with Crippen molar-refractivity contribution in [3.8, 4) is 11.5 Å². The van der Waals surface area contributed by atoms with Gasteiger partial charge in [0.05, 0.1) is 10.6 Å². The van der Waals surface area contributed by atoms with E-state index in [2.05, 4.69) is 22.5 Å². The predicted octanol–water partition coefficient (Wildman–Crippen LogP) is 5.84. The molecule has 150 valence electrons. The standard InChI is InChI=1S/C23H18ClN3O2S/c1-2-14-8-11-20-19(12-14)26-22(29-20)17-13-16(9-10-18(17)24)25-23(30)27-21(28)15-6-4-3-5-7-15/h3-13H,2H2,1H3,(H2,25,27,28,30). The van der Waals surface area contributed by atoms with Gasteiger partial charge in [0.25, 0.3) is 5.91 Å². The van der Waals surface area contributed by atoms with E-state index in [1.165, 1.54) is 5.56 Å². The lowest BCUT2D eigenvalue weighted by molar-refractivity contribution is 0.0977. The summed E-state index contributed by atoms with van der Waals surface area (Å²) in [5.74, 6) is 0.138. The van der Waals surface area contributed by atoms with Crippen LogP contribution in [0, 0.1) is 0 Å². The first kappa shape index (κ1) is 20.1. The quantitative estimate of drug-likeness (QED) is 0.394. The Morgan fingerprint density at radius 3 is 2.67 bits per heavy atom. The zero-order chi connectivity index (χ0) is 21.1. The van der Waals surface area contributed by atoms with E-state index >= 15 is 0 Å². The molecule has 1 amide bonds. The third-order valence-electron chi connectivity index (χ3n) is 4.58. The number of carbonyl (C=O) groups is 1. The van der Waals surface area contributed by atoms with Crippen molar-refractivity contribution >= 4 is 51.6 Å². The molecule has 0 aliphatic rings. The fourth-order valence-electron chi connectivity index (χ4n) is 3.00. The molecule has 0 fully saturated rings. The van der Waals surface area contributed by atoms with Crippen LogP contribution in [0.2, 0.25) is 5.02 Å². The van der Waals surface area contributed by atoms with Crippen LogP contribution in [0.15, 0.2) is 71.1 Å². The maximum atomic E-state index is 12.3. The van der Waals surface area contributed by atoms with Crippen molar-refractivity contribution in [3.63, 3.8) is 0 Å². The zero-order valence-corrected chi connectivity index (χ0v) is 17.7. The summed E-state index contributed by atoms with van der Waals surface area (Å²) in [4.78, 5) is 16.8. The molecular weight excluding hydrogens is 418 g/mol. The van der Waals surface area contributed by atoms with Gasteiger partial charge in [-0.05, 0) is 66.7 Å². The molecule has 4 rings (SSSR count). The largest absolute Gasteiger partial charge is 0.436 e. The van der Waals surface area contributed by atoms with Gasteiger partial charge in [-0.2, -0.15) is 0 Å². The van der Waals surface area contributed by atoms with Crippen LogP contribution >= 0.6 is 23.8 Å². The molecule has 5 nitrogen and oxygen atoms in total. The summed E-state index contributed by atoms with van der Waals surface area (Å²) in [5, 5.41) is 6.35. The van der Waals surface area contributed by atoms with Crippen molar-refractivity contribution in [1.82, 2.24) is 10.3 Å². The summed E-state index contributed by atoms with van der Waals surface area (Å²) in [6.07, 6.45) is 0.921. The Hall–Kier alpha value is -3.22. The van der Waals surface area contributed by atoms with E-state index in [0.29, 0.717) is 33.3 Å². The summed E-state index contributed by atoms with van der Waals surface area (Å²) in [5.41, 5.74) is 4.48. The van der Waals surface area contributed by atoms with Gasteiger partial charge >= 0.3 is 0 Å². The van der Waals surface area contributed by atoms with Crippen LogP contribution in [-0.4, -0.2) is 16.0 Å². The van der Waals surface area contributed by atoms with E-state index in [4.69, 9.17) is 28.2 Å². The van der Waals surface area contributed by atoms with E-state index in [1.54, 1.807) is 42.5 Å². The Morgan fingerprint density at radius 2 is 1.90 bits per heavy atom. The van der Waals surface area contributed by atoms with Crippen LogP contribution in [0.3, 0.4) is 0 Å². The first-order chi connectivity index (χ1) is 14.5. The number of oxazole rings is 1. The molecule has 1 aromatic heterocycles. The first-order valence-electron chi connectivity index (χ1n) is 9.40. The van der Waals surface area contributed by atoms with Crippen LogP contribution in [0.4, 0.5) is 5.69 Å². The summed E-state index contributed by atoms with van der Waals surface area (Å²) >= 11 is 11.7. The van der Waals surface area contributed by atoms with E-state index in [1.807, 2.05) is 24.3 Å². The Bertz CT molecular complexity index is 1240. The van der Waals surface area contributed by atoms with Crippen molar-refractivity contribution in [3.05, 3.63) is 82.9 Å². The number of nitrogens with one attached hydrogen (secondary N) is 2. The summed E-state index contributed by atoms with van der Waals surface area (Å²) in [6, 6.07) is 20.1. The highest BCUT2D eigenvalue weighted by Gasteiger charge is 2.14. The van der Waals surface area contributed by atoms with Crippen LogP contribution in [0.1, 0.15) is 22.8 Å². The van der Waals surface area contributed by atoms with Crippen molar-refractivity contribution < 1.29 is 9.21 Å². The lowest BCUT2D eigenvalue weighted by Crippen LogP contribution is -2.34. The average molecular weight is 436 g/mol. The van der Waals surface area contributed by atoms with Crippen LogP contribution < -0.4 is 10.6 Å². The monoisotopic (exact) mass is 435 g/mol. The molecule has 30 heavy (non-hydrogen) atoms. The topological polar surface area (TPSA) is 67.2 Å². The van der Waals surface area contributed by atoms with Gasteiger partial charge in [-0.25, -0.2) is 4.98 Å². The van der Waals surface area contributed by atoms with E-state index < -0.39 is 0 Å². The number of carbonyl (C=O) groups excluding carboxylic acids is 1. The van der Waals surface area contributed by atoms with Crippen molar-refractivity contribution in [2.24, 2.45) is 0 Å². The molecule has 0 saturated heterocycles. The highest BCUT2D eigenvalue weighted by Crippen LogP contribution is 2.32. The number of rotatable bonds is 4. The number of hydrogen-bond donors (Lipinski definition) is 2. The highest BCUT2D eigenvalue weighted by molar-refractivity contribution is 7.80. The molecule has 0 bridgehead atoms. The summed E-state index contributed by atoms with van der Waals surface area (Å²) < 4.78 is 5.89. The number of amides is 1. The summed E-state index contributed by atoms with van der Waals surface area (Å²) in [6.45, 7) is 2.09. The van der Waals surface area contributed by atoms with Gasteiger partial charge in [-0.15, -0.1) is 0 Å². The SMILES string of the molecule is CCc1ccc2oc(-c3cc(NC(=S)NC(=O)c4ccccc4)ccc3Cl)nc2c1. The molecule has 0 atom stereocenters. The number of fused-ring (bicyclic) bond motifs is 1. The van der Waals surface area contributed by atoms with Crippen LogP contribution in [-0.2, 0) is 6.42 Å². The van der Waals surface area contributed by atoms with E-state index in [9.17, 15) is 4.79 Å². The number of anilines is 1. The number of halogens is 1. The molecule has 7 heteroatoms. The second-order valence-electron chi connectivity index (χ2n) is 6.64. The third-order valence-corrected chi connectivity index (χ3v) is 5.11. The maximum Gasteiger partial charge on any atom is 0.257 e.